The molecular formula is C18H20ClN3O3. The van der Waals surface area contributed by atoms with Crippen LogP contribution >= 0.6 is 11.6 Å². The van der Waals surface area contributed by atoms with E-state index in [1.165, 1.54) is 6.92 Å². The molecule has 1 N–H and O–H groups in total. The van der Waals surface area contributed by atoms with E-state index in [0.717, 1.165) is 5.56 Å². The second-order valence-electron chi connectivity index (χ2n) is 5.39. The predicted molar refractivity (Wildman–Crippen MR) is 95.3 cm³/mol. The minimum atomic E-state index is -0.250. The summed E-state index contributed by atoms with van der Waals surface area (Å²) < 4.78 is 5.36. The van der Waals surface area contributed by atoms with E-state index in [-0.39, 0.29) is 18.4 Å². The maximum atomic E-state index is 11.8. The summed E-state index contributed by atoms with van der Waals surface area (Å²) in [5, 5.41) is 3.34. The number of pyridine rings is 1. The third kappa shape index (κ3) is 6.81. The van der Waals surface area contributed by atoms with Crippen molar-refractivity contribution in [3.8, 4) is 5.75 Å². The molecule has 0 aliphatic carbocycles. The minimum absolute atomic E-state index is 0.0597. The lowest BCUT2D eigenvalue weighted by molar-refractivity contribution is -0.130. The average molecular weight is 362 g/mol. The van der Waals surface area contributed by atoms with Gasteiger partial charge in [0.25, 0.3) is 5.91 Å². The Morgan fingerprint density at radius 1 is 1.24 bits per heavy atom. The number of nitrogens with zero attached hydrogens (tertiary/aromatic N) is 2. The van der Waals surface area contributed by atoms with Gasteiger partial charge in [0.2, 0.25) is 5.91 Å². The number of carbonyl (C=O) groups excluding carboxylic acids is 2. The summed E-state index contributed by atoms with van der Waals surface area (Å²) in [5.41, 5.74) is 0.940. The highest BCUT2D eigenvalue weighted by molar-refractivity contribution is 6.30. The summed E-state index contributed by atoms with van der Waals surface area (Å²) in [6.45, 7) is 2.63. The molecule has 132 valence electrons. The molecule has 0 aliphatic rings. The molecule has 1 aromatic heterocycles. The van der Waals surface area contributed by atoms with E-state index in [2.05, 4.69) is 10.3 Å². The molecule has 2 amide bonds. The van der Waals surface area contributed by atoms with Crippen LogP contribution in [0.2, 0.25) is 5.02 Å². The molecule has 25 heavy (non-hydrogen) atoms. The SMILES string of the molecule is CC(=O)N(CCNC(=O)COc1ccc(Cl)cc1)Cc1cccnc1. The molecule has 2 rings (SSSR count). The molecule has 0 saturated heterocycles. The lowest BCUT2D eigenvalue weighted by atomic mass is 10.2. The number of hydrogen-bond donors (Lipinski definition) is 1. The molecular weight excluding hydrogens is 342 g/mol. The van der Waals surface area contributed by atoms with Crippen LogP contribution in [0.3, 0.4) is 0 Å². The zero-order valence-corrected chi connectivity index (χ0v) is 14.7. The number of benzene rings is 1. The van der Waals surface area contributed by atoms with Crippen LogP contribution in [0.15, 0.2) is 48.8 Å². The Labute approximate surface area is 151 Å². The van der Waals surface area contributed by atoms with E-state index in [4.69, 9.17) is 16.3 Å². The first-order valence-electron chi connectivity index (χ1n) is 7.84. The van der Waals surface area contributed by atoms with Crippen molar-refractivity contribution in [1.29, 1.82) is 0 Å². The van der Waals surface area contributed by atoms with Gasteiger partial charge in [-0.25, -0.2) is 0 Å². The van der Waals surface area contributed by atoms with Crippen LogP contribution in [0.25, 0.3) is 0 Å². The molecule has 0 fully saturated rings. The first-order valence-corrected chi connectivity index (χ1v) is 8.22. The third-order valence-electron chi connectivity index (χ3n) is 3.43. The zero-order chi connectivity index (χ0) is 18.1. The van der Waals surface area contributed by atoms with E-state index in [0.29, 0.717) is 30.4 Å². The Balaban J connectivity index is 1.72. The van der Waals surface area contributed by atoms with Crippen LogP contribution in [0, 0.1) is 0 Å². The fourth-order valence-corrected chi connectivity index (χ4v) is 2.25. The topological polar surface area (TPSA) is 71.5 Å². The average Bonchev–Trinajstić information content (AvgIpc) is 2.61. The normalized spacial score (nSPS) is 10.2. The molecule has 0 bridgehead atoms. The van der Waals surface area contributed by atoms with Crippen molar-refractivity contribution in [2.24, 2.45) is 0 Å². The second kappa shape index (κ2) is 9.64. The quantitative estimate of drug-likeness (QED) is 0.783. The zero-order valence-electron chi connectivity index (χ0n) is 13.9. The van der Waals surface area contributed by atoms with Crippen LogP contribution in [0.1, 0.15) is 12.5 Å². The Hall–Kier alpha value is -2.60. The standard InChI is InChI=1S/C18H20ClN3O3/c1-14(23)22(12-15-3-2-8-20-11-15)10-9-21-18(24)13-25-17-6-4-16(19)5-7-17/h2-8,11H,9-10,12-13H2,1H3,(H,21,24). The summed E-state index contributed by atoms with van der Waals surface area (Å²) in [4.78, 5) is 29.2. The van der Waals surface area contributed by atoms with Gasteiger partial charge in [-0.05, 0) is 35.9 Å². The van der Waals surface area contributed by atoms with Crippen LogP contribution < -0.4 is 10.1 Å². The van der Waals surface area contributed by atoms with E-state index < -0.39 is 0 Å². The molecule has 0 saturated carbocycles. The second-order valence-corrected chi connectivity index (χ2v) is 5.83. The van der Waals surface area contributed by atoms with Gasteiger partial charge in [0, 0.05) is 44.0 Å². The molecule has 7 heteroatoms. The number of amides is 2. The van der Waals surface area contributed by atoms with E-state index in [1.807, 2.05) is 12.1 Å². The number of rotatable bonds is 8. The van der Waals surface area contributed by atoms with Crippen molar-refractivity contribution in [3.63, 3.8) is 0 Å². The Morgan fingerprint density at radius 2 is 2.00 bits per heavy atom. The molecule has 1 aromatic carbocycles. The van der Waals surface area contributed by atoms with Crippen LogP contribution in [0.5, 0.6) is 5.75 Å². The van der Waals surface area contributed by atoms with Gasteiger partial charge in [0.1, 0.15) is 5.75 Å². The summed E-state index contributed by atoms with van der Waals surface area (Å²) in [6, 6.07) is 10.5. The van der Waals surface area contributed by atoms with E-state index in [9.17, 15) is 9.59 Å². The summed E-state index contributed by atoms with van der Waals surface area (Å²) >= 11 is 5.79. The minimum Gasteiger partial charge on any atom is -0.484 e. The lowest BCUT2D eigenvalue weighted by Crippen LogP contribution is -2.38. The monoisotopic (exact) mass is 361 g/mol. The van der Waals surface area contributed by atoms with Crippen molar-refractivity contribution in [2.45, 2.75) is 13.5 Å². The Morgan fingerprint density at radius 3 is 2.64 bits per heavy atom. The van der Waals surface area contributed by atoms with Gasteiger partial charge < -0.3 is 15.0 Å². The molecule has 0 aliphatic heterocycles. The van der Waals surface area contributed by atoms with Gasteiger partial charge in [-0.2, -0.15) is 0 Å². The number of nitrogens with one attached hydrogen (secondary N) is 1. The molecule has 2 aromatic rings. The summed E-state index contributed by atoms with van der Waals surface area (Å²) in [6.07, 6.45) is 3.40. The Kier molecular flexibility index (Phi) is 7.22. The molecule has 6 nitrogen and oxygen atoms in total. The van der Waals surface area contributed by atoms with Crippen molar-refractivity contribution < 1.29 is 14.3 Å². The molecule has 0 spiro atoms. The van der Waals surface area contributed by atoms with Gasteiger partial charge in [-0.15, -0.1) is 0 Å². The summed E-state index contributed by atoms with van der Waals surface area (Å²) in [7, 11) is 0. The lowest BCUT2D eigenvalue weighted by Gasteiger charge is -2.21. The number of aromatic nitrogens is 1. The van der Waals surface area contributed by atoms with E-state index in [1.54, 1.807) is 41.6 Å². The molecule has 0 radical (unpaired) electrons. The number of carbonyl (C=O) groups is 2. The fraction of sp³-hybridized carbons (Fsp3) is 0.278. The number of hydrogen-bond acceptors (Lipinski definition) is 4. The van der Waals surface area contributed by atoms with Gasteiger partial charge >= 0.3 is 0 Å². The third-order valence-corrected chi connectivity index (χ3v) is 3.68. The van der Waals surface area contributed by atoms with Gasteiger partial charge in [0.15, 0.2) is 6.61 Å². The fourth-order valence-electron chi connectivity index (χ4n) is 2.12. The van der Waals surface area contributed by atoms with Gasteiger partial charge in [0.05, 0.1) is 0 Å². The van der Waals surface area contributed by atoms with E-state index >= 15 is 0 Å². The van der Waals surface area contributed by atoms with Crippen molar-refractivity contribution >= 4 is 23.4 Å². The van der Waals surface area contributed by atoms with Crippen molar-refractivity contribution in [1.82, 2.24) is 15.2 Å². The first-order chi connectivity index (χ1) is 12.0. The molecule has 0 unspecified atom stereocenters. The van der Waals surface area contributed by atoms with Gasteiger partial charge in [-0.3, -0.25) is 14.6 Å². The number of ether oxygens (including phenoxy) is 1. The van der Waals surface area contributed by atoms with Crippen molar-refractivity contribution in [2.75, 3.05) is 19.7 Å². The molecule has 0 atom stereocenters. The highest BCUT2D eigenvalue weighted by atomic mass is 35.5. The smallest absolute Gasteiger partial charge is 0.258 e. The van der Waals surface area contributed by atoms with Gasteiger partial charge in [-0.1, -0.05) is 17.7 Å². The maximum Gasteiger partial charge on any atom is 0.258 e. The first kappa shape index (κ1) is 18.7. The largest absolute Gasteiger partial charge is 0.484 e. The maximum absolute atomic E-state index is 11.8. The van der Waals surface area contributed by atoms with Crippen LogP contribution in [0.4, 0.5) is 0 Å². The summed E-state index contributed by atoms with van der Waals surface area (Å²) in [5.74, 6) is 0.261. The van der Waals surface area contributed by atoms with Crippen LogP contribution in [-0.2, 0) is 16.1 Å². The predicted octanol–water partition coefficient (Wildman–Crippen LogP) is 2.28. The van der Waals surface area contributed by atoms with Crippen molar-refractivity contribution in [3.05, 3.63) is 59.4 Å². The molecule has 1 heterocycles. The number of halogens is 1. The Bertz CT molecular complexity index is 692. The highest BCUT2D eigenvalue weighted by Crippen LogP contribution is 2.15. The van der Waals surface area contributed by atoms with Crippen LogP contribution in [-0.4, -0.2) is 41.4 Å². The highest BCUT2D eigenvalue weighted by Gasteiger charge is 2.10.